The topological polar surface area (TPSA) is 209 Å². The van der Waals surface area contributed by atoms with Gasteiger partial charge in [-0.2, -0.15) is 0 Å². The summed E-state index contributed by atoms with van der Waals surface area (Å²) in [5.74, 6) is -6.44. The second-order valence-electron chi connectivity index (χ2n) is 18.0. The smallest absolute Gasteiger partial charge is 0.312 e. The minimum Gasteiger partial charge on any atom is -0.507 e. The Morgan fingerprint density at radius 1 is 0.967 bits per heavy atom. The van der Waals surface area contributed by atoms with E-state index in [2.05, 4.69) is 24.1 Å². The normalized spacial score (nSPS) is 32.7. The summed E-state index contributed by atoms with van der Waals surface area (Å²) in [4.78, 5) is 53.7. The number of carbonyl (C=O) groups is 3. The van der Waals surface area contributed by atoms with Crippen LogP contribution in [0.5, 0.6) is 17.2 Å². The zero-order valence-corrected chi connectivity index (χ0v) is 37.1. The number of ether oxygens (including phenoxy) is 4. The number of nitrogens with one attached hydrogen (secondary N) is 1. The van der Waals surface area contributed by atoms with Gasteiger partial charge in [0.25, 0.3) is 11.7 Å². The molecule has 0 aliphatic carbocycles. The van der Waals surface area contributed by atoms with Gasteiger partial charge in [0.15, 0.2) is 11.4 Å². The second kappa shape index (κ2) is 17.5. The molecule has 1 fully saturated rings. The molecule has 4 bridgehead atoms. The van der Waals surface area contributed by atoms with Crippen LogP contribution in [0.4, 0.5) is 5.69 Å². The lowest BCUT2D eigenvalue weighted by Crippen LogP contribution is -2.46. The van der Waals surface area contributed by atoms with Crippen LogP contribution in [0, 0.1) is 36.5 Å². The predicted octanol–water partition coefficient (Wildman–Crippen LogP) is 4.75. The van der Waals surface area contributed by atoms with Crippen molar-refractivity contribution in [2.45, 2.75) is 118 Å². The molecule has 15 heteroatoms. The Morgan fingerprint density at radius 2 is 1.62 bits per heavy atom. The van der Waals surface area contributed by atoms with Gasteiger partial charge in [-0.15, -0.1) is 0 Å². The molecule has 332 valence electrons. The lowest BCUT2D eigenvalue weighted by Gasteiger charge is -2.38. The minimum atomic E-state index is -1.96. The number of nitrogens with zero attached hydrogens (tertiary/aromatic N) is 3. The number of aromatic hydroxyl groups is 2. The number of rotatable bonds is 4. The number of piperidine rings is 1. The van der Waals surface area contributed by atoms with Gasteiger partial charge in [-0.1, -0.05) is 59.8 Å². The number of methoxy groups -OCH3 is 1. The van der Waals surface area contributed by atoms with Crippen molar-refractivity contribution in [1.82, 2.24) is 4.90 Å². The standard InChI is InChI=1S/C46H62N4O11/c1-22(2)21-50-18-16-46(17-19-50)48-34-31-32-39(54)28(8)42-33(31)43(56)45(10,61-42)59-20-15-30(58-11)25(5)41(60-29(9)51)27(7)38(53)26(6)37(52)23(3)13-12-14-24(4)44(57)47-36(40(32)55)35(34)49-46/h12-15,20,22-23,25-27,30,37-38,41,52-55H,16-19,21H2,1-11H3,(H,47,57)/b13-12+,20-15+,24-14+/t23-,25-,26+,27?,30?,37-,38+,41+,45-/m0/s1. The highest BCUT2D eigenvalue weighted by molar-refractivity contribution is 6.19. The molecule has 1 amide bonds. The maximum atomic E-state index is 14.7. The third-order valence-electron chi connectivity index (χ3n) is 12.9. The third kappa shape index (κ3) is 8.54. The number of amides is 1. The van der Waals surface area contributed by atoms with Crippen LogP contribution in [0.3, 0.4) is 0 Å². The first kappa shape index (κ1) is 45.7. The second-order valence-corrected chi connectivity index (χ2v) is 18.0. The maximum Gasteiger partial charge on any atom is 0.312 e. The number of allylic oxidation sites excluding steroid dienone is 2. The van der Waals surface area contributed by atoms with E-state index in [4.69, 9.17) is 28.9 Å². The third-order valence-corrected chi connectivity index (χ3v) is 12.9. The minimum absolute atomic E-state index is 0.0364. The fourth-order valence-electron chi connectivity index (χ4n) is 9.20. The zero-order valence-electron chi connectivity index (χ0n) is 37.1. The number of anilines is 1. The molecule has 1 spiro atoms. The molecule has 1 saturated heterocycles. The van der Waals surface area contributed by atoms with Crippen LogP contribution >= 0.6 is 0 Å². The number of esters is 1. The quantitative estimate of drug-likeness (QED) is 0.209. The number of aliphatic hydroxyl groups excluding tert-OH is 2. The summed E-state index contributed by atoms with van der Waals surface area (Å²) in [6, 6.07) is 0. The van der Waals surface area contributed by atoms with Crippen LogP contribution in [0.1, 0.15) is 91.1 Å². The van der Waals surface area contributed by atoms with Crippen molar-refractivity contribution in [1.29, 1.82) is 0 Å². The summed E-state index contributed by atoms with van der Waals surface area (Å²) in [7, 11) is 1.47. The Bertz CT molecular complexity index is 2300. The van der Waals surface area contributed by atoms with E-state index >= 15 is 0 Å². The van der Waals surface area contributed by atoms with E-state index in [0.29, 0.717) is 31.8 Å². The van der Waals surface area contributed by atoms with Crippen LogP contribution in [0.2, 0.25) is 0 Å². The van der Waals surface area contributed by atoms with Gasteiger partial charge < -0.3 is 49.6 Å². The molecule has 0 aromatic heterocycles. The van der Waals surface area contributed by atoms with Crippen molar-refractivity contribution in [3.63, 3.8) is 0 Å². The monoisotopic (exact) mass is 846 g/mol. The van der Waals surface area contributed by atoms with Crippen molar-refractivity contribution in [3.05, 3.63) is 58.0 Å². The van der Waals surface area contributed by atoms with E-state index in [9.17, 15) is 34.8 Å². The number of benzene rings is 2. The van der Waals surface area contributed by atoms with E-state index < -0.39 is 82.9 Å². The molecular weight excluding hydrogens is 785 g/mol. The van der Waals surface area contributed by atoms with Gasteiger partial charge in [-0.25, -0.2) is 0 Å². The highest BCUT2D eigenvalue weighted by atomic mass is 16.7. The Balaban J connectivity index is 1.54. The van der Waals surface area contributed by atoms with Crippen molar-refractivity contribution >= 4 is 34.1 Å². The Kier molecular flexibility index (Phi) is 13.1. The molecular formula is C46H62N4O11. The molecule has 61 heavy (non-hydrogen) atoms. The summed E-state index contributed by atoms with van der Waals surface area (Å²) < 4.78 is 24.0. The van der Waals surface area contributed by atoms with Gasteiger partial charge in [-0.3, -0.25) is 24.4 Å². The summed E-state index contributed by atoms with van der Waals surface area (Å²) in [5, 5.41) is 50.2. The summed E-state index contributed by atoms with van der Waals surface area (Å²) in [5.41, 5.74) is -0.572. The van der Waals surface area contributed by atoms with Gasteiger partial charge in [0.2, 0.25) is 0 Å². The molecule has 6 rings (SSSR count). The van der Waals surface area contributed by atoms with Gasteiger partial charge >= 0.3 is 11.8 Å². The molecule has 2 unspecified atom stereocenters. The Labute approximate surface area is 356 Å². The molecule has 4 heterocycles. The van der Waals surface area contributed by atoms with Crippen LogP contribution in [-0.4, -0.2) is 106 Å². The SMILES string of the molecule is COC1/C=C/O[C@@]2(C)Oc3c(C)c(O)c4c(O)c(c5c(c4c3C2=O)=NC2(CCN(CC(C)C)CC2)N=5)NC(=O)/C(C)=C/C=C/[C@H](C)[C@H](O)[C@@H](C)[C@@H](O)C(C)[C@H](OC(C)=O)[C@H]1C. The molecule has 4 aliphatic rings. The first-order chi connectivity index (χ1) is 28.6. The van der Waals surface area contributed by atoms with E-state index in [1.165, 1.54) is 27.2 Å². The largest absolute Gasteiger partial charge is 0.507 e. The number of ketones is 1. The number of phenolic OH excluding ortho intramolecular Hbond substituents is 2. The number of phenols is 2. The van der Waals surface area contributed by atoms with Crippen molar-refractivity contribution in [2.75, 3.05) is 32.1 Å². The molecule has 4 aliphatic heterocycles. The highest BCUT2D eigenvalue weighted by Crippen LogP contribution is 2.50. The van der Waals surface area contributed by atoms with E-state index in [-0.39, 0.29) is 55.4 Å². The number of fused-ring (bicyclic) bond motifs is 1. The summed E-state index contributed by atoms with van der Waals surface area (Å²) >= 11 is 0. The van der Waals surface area contributed by atoms with Crippen LogP contribution < -0.4 is 20.8 Å². The van der Waals surface area contributed by atoms with Crippen LogP contribution in [0.15, 0.2) is 46.1 Å². The van der Waals surface area contributed by atoms with Crippen molar-refractivity contribution in [2.24, 2.45) is 39.6 Å². The first-order valence-electron chi connectivity index (χ1n) is 21.2. The van der Waals surface area contributed by atoms with E-state index in [1.807, 2.05) is 0 Å². The van der Waals surface area contributed by atoms with Crippen molar-refractivity contribution < 1.29 is 53.8 Å². The number of hydrogen-bond acceptors (Lipinski definition) is 14. The van der Waals surface area contributed by atoms with Crippen LogP contribution in [-0.2, 0) is 23.8 Å². The van der Waals surface area contributed by atoms with E-state index in [1.54, 1.807) is 65.8 Å². The average molecular weight is 847 g/mol. The molecule has 0 saturated carbocycles. The zero-order chi connectivity index (χ0) is 44.9. The molecule has 9 atom stereocenters. The predicted molar refractivity (Wildman–Crippen MR) is 228 cm³/mol. The summed E-state index contributed by atoms with van der Waals surface area (Å²) in [6.45, 7) is 19.5. The lowest BCUT2D eigenvalue weighted by molar-refractivity contribution is -0.160. The van der Waals surface area contributed by atoms with E-state index in [0.717, 1.165) is 6.54 Å². The average Bonchev–Trinajstić information content (AvgIpc) is 3.71. The lowest BCUT2D eigenvalue weighted by atomic mass is 9.78. The van der Waals surface area contributed by atoms with Gasteiger partial charge in [0, 0.05) is 93.6 Å². The van der Waals surface area contributed by atoms with Gasteiger partial charge in [-0.05, 0) is 25.8 Å². The van der Waals surface area contributed by atoms with Gasteiger partial charge in [0.1, 0.15) is 28.6 Å². The number of aliphatic hydroxyl groups is 2. The Hall–Kier alpha value is -4.83. The fourth-order valence-corrected chi connectivity index (χ4v) is 9.20. The number of Topliss-reactive ketones (excluding diaryl/α,β-unsaturated/α-hetero) is 1. The number of likely N-dealkylation sites (tertiary alicyclic amines) is 1. The highest BCUT2D eigenvalue weighted by Gasteiger charge is 2.50. The van der Waals surface area contributed by atoms with Crippen molar-refractivity contribution in [3.8, 4) is 17.2 Å². The molecule has 15 nitrogen and oxygen atoms in total. The molecule has 2 aromatic rings. The molecule has 5 N–H and O–H groups in total. The Morgan fingerprint density at radius 3 is 2.25 bits per heavy atom. The number of carbonyl (C=O) groups excluding carboxylic acids is 3. The summed E-state index contributed by atoms with van der Waals surface area (Å²) in [6.07, 6.45) is 5.04. The van der Waals surface area contributed by atoms with Crippen LogP contribution in [0.25, 0.3) is 10.8 Å². The molecule has 2 aromatic carbocycles. The number of hydrogen-bond donors (Lipinski definition) is 5. The first-order valence-corrected chi connectivity index (χ1v) is 21.2. The van der Waals surface area contributed by atoms with Gasteiger partial charge in [0.05, 0.1) is 40.9 Å². The fraction of sp³-hybridized carbons (Fsp3) is 0.587. The maximum absolute atomic E-state index is 14.7. The molecule has 0 radical (unpaired) electrons.